The van der Waals surface area contributed by atoms with Crippen molar-refractivity contribution in [3.05, 3.63) is 0 Å². The second-order valence-electron chi connectivity index (χ2n) is 4.39. The molecule has 15 heavy (non-hydrogen) atoms. The van der Waals surface area contributed by atoms with Crippen LogP contribution >= 0.6 is 0 Å². The molecule has 2 rings (SSSR count). The number of carbonyl (C=O) groups is 1. The summed E-state index contributed by atoms with van der Waals surface area (Å²) >= 11 is 0. The zero-order chi connectivity index (χ0) is 10.7. The molecule has 0 spiro atoms. The largest absolute Gasteiger partial charge is 0.386 e. The summed E-state index contributed by atoms with van der Waals surface area (Å²) < 4.78 is 5.10. The maximum Gasteiger partial charge on any atom is 0.237 e. The van der Waals surface area contributed by atoms with Crippen LogP contribution < -0.4 is 10.6 Å². The van der Waals surface area contributed by atoms with Crippen molar-refractivity contribution < 1.29 is 14.6 Å². The van der Waals surface area contributed by atoms with E-state index in [0.717, 1.165) is 19.4 Å². The second kappa shape index (κ2) is 4.47. The average molecular weight is 214 g/mol. The maximum absolute atomic E-state index is 11.6. The highest BCUT2D eigenvalue weighted by Crippen LogP contribution is 2.17. The first kappa shape index (κ1) is 10.9. The van der Waals surface area contributed by atoms with Gasteiger partial charge in [-0.3, -0.25) is 4.79 Å². The molecule has 0 aromatic carbocycles. The number of hydrogen-bond acceptors (Lipinski definition) is 4. The predicted octanol–water partition coefficient (Wildman–Crippen LogP) is -0.994. The normalized spacial score (nSPS) is 35.7. The van der Waals surface area contributed by atoms with E-state index < -0.39 is 5.60 Å². The molecule has 2 aliphatic rings. The van der Waals surface area contributed by atoms with Crippen LogP contribution in [0.2, 0.25) is 0 Å². The molecule has 2 atom stereocenters. The van der Waals surface area contributed by atoms with Crippen LogP contribution in [0, 0.1) is 0 Å². The fourth-order valence-electron chi connectivity index (χ4n) is 2.02. The van der Waals surface area contributed by atoms with Crippen LogP contribution in [0.1, 0.15) is 19.3 Å². The predicted molar refractivity (Wildman–Crippen MR) is 54.4 cm³/mol. The van der Waals surface area contributed by atoms with E-state index in [2.05, 4.69) is 10.6 Å². The minimum atomic E-state index is -0.853. The van der Waals surface area contributed by atoms with Gasteiger partial charge in [-0.1, -0.05) is 0 Å². The molecule has 2 heterocycles. The lowest BCUT2D eigenvalue weighted by molar-refractivity contribution is -0.124. The lowest BCUT2D eigenvalue weighted by atomic mass is 10.0. The highest BCUT2D eigenvalue weighted by atomic mass is 16.5. The van der Waals surface area contributed by atoms with Gasteiger partial charge in [0.1, 0.15) is 5.60 Å². The summed E-state index contributed by atoms with van der Waals surface area (Å²) in [6.07, 6.45) is 2.54. The number of aliphatic hydroxyl groups is 1. The molecule has 1 amide bonds. The highest BCUT2D eigenvalue weighted by molar-refractivity contribution is 5.82. The Bertz CT molecular complexity index is 233. The third kappa shape index (κ3) is 2.68. The van der Waals surface area contributed by atoms with Gasteiger partial charge in [-0.25, -0.2) is 0 Å². The molecule has 0 aliphatic carbocycles. The van der Waals surface area contributed by atoms with Crippen LogP contribution in [0.3, 0.4) is 0 Å². The van der Waals surface area contributed by atoms with Gasteiger partial charge in [0.05, 0.1) is 12.6 Å². The number of hydrogen-bond donors (Lipinski definition) is 3. The molecule has 2 fully saturated rings. The Balaban J connectivity index is 1.74. The van der Waals surface area contributed by atoms with E-state index in [0.29, 0.717) is 26.2 Å². The summed E-state index contributed by atoms with van der Waals surface area (Å²) in [6, 6.07) is -0.0732. The van der Waals surface area contributed by atoms with Crippen LogP contribution in [-0.4, -0.2) is 49.0 Å². The Hall–Kier alpha value is -0.650. The van der Waals surface area contributed by atoms with Crippen molar-refractivity contribution in [3.63, 3.8) is 0 Å². The van der Waals surface area contributed by atoms with Crippen LogP contribution in [-0.2, 0) is 9.53 Å². The van der Waals surface area contributed by atoms with E-state index in [1.807, 2.05) is 0 Å². The number of ether oxygens (including phenoxy) is 1. The van der Waals surface area contributed by atoms with Gasteiger partial charge >= 0.3 is 0 Å². The van der Waals surface area contributed by atoms with E-state index >= 15 is 0 Å². The zero-order valence-corrected chi connectivity index (χ0v) is 8.79. The van der Waals surface area contributed by atoms with Crippen molar-refractivity contribution in [2.75, 3.05) is 26.3 Å². The standard InChI is InChI=1S/C10H18N2O3/c13-9(8-2-1-4-11-8)12-6-10(14)3-5-15-7-10/h8,11,14H,1-7H2,(H,12,13). The lowest BCUT2D eigenvalue weighted by Crippen LogP contribution is -2.48. The summed E-state index contributed by atoms with van der Waals surface area (Å²) in [7, 11) is 0. The minimum Gasteiger partial charge on any atom is -0.386 e. The first-order valence-electron chi connectivity index (χ1n) is 5.51. The SMILES string of the molecule is O=C(NCC1(O)CCOC1)C1CCCN1. The van der Waals surface area contributed by atoms with Gasteiger partial charge in [0.25, 0.3) is 0 Å². The van der Waals surface area contributed by atoms with Crippen LogP contribution in [0.25, 0.3) is 0 Å². The smallest absolute Gasteiger partial charge is 0.237 e. The van der Waals surface area contributed by atoms with Crippen LogP contribution in [0.4, 0.5) is 0 Å². The molecular weight excluding hydrogens is 196 g/mol. The van der Waals surface area contributed by atoms with E-state index in [4.69, 9.17) is 4.74 Å². The minimum absolute atomic E-state index is 0.00664. The molecule has 2 saturated heterocycles. The van der Waals surface area contributed by atoms with E-state index in [-0.39, 0.29) is 11.9 Å². The molecule has 0 saturated carbocycles. The summed E-state index contributed by atoms with van der Waals surface area (Å²) in [5.74, 6) is -0.00664. The van der Waals surface area contributed by atoms with Crippen molar-refractivity contribution in [1.82, 2.24) is 10.6 Å². The summed E-state index contributed by atoms with van der Waals surface area (Å²) in [5, 5.41) is 15.8. The third-order valence-corrected chi connectivity index (χ3v) is 3.05. The number of carbonyl (C=O) groups excluding carboxylic acids is 1. The molecular formula is C10H18N2O3. The molecule has 2 unspecified atom stereocenters. The molecule has 2 aliphatic heterocycles. The van der Waals surface area contributed by atoms with Crippen LogP contribution in [0.5, 0.6) is 0 Å². The second-order valence-corrected chi connectivity index (χ2v) is 4.39. The fourth-order valence-corrected chi connectivity index (χ4v) is 2.02. The Morgan fingerprint density at radius 2 is 2.53 bits per heavy atom. The Morgan fingerprint density at radius 3 is 3.13 bits per heavy atom. The van der Waals surface area contributed by atoms with Gasteiger partial charge in [-0.2, -0.15) is 0 Å². The molecule has 0 aromatic heterocycles. The first-order chi connectivity index (χ1) is 7.20. The van der Waals surface area contributed by atoms with Gasteiger partial charge < -0.3 is 20.5 Å². The van der Waals surface area contributed by atoms with Crippen molar-refractivity contribution in [2.45, 2.75) is 30.9 Å². The average Bonchev–Trinajstić information content (AvgIpc) is 2.85. The number of amides is 1. The van der Waals surface area contributed by atoms with Gasteiger partial charge in [0, 0.05) is 19.6 Å². The maximum atomic E-state index is 11.6. The molecule has 86 valence electrons. The third-order valence-electron chi connectivity index (χ3n) is 3.05. The summed E-state index contributed by atoms with van der Waals surface area (Å²) in [5.41, 5.74) is -0.853. The van der Waals surface area contributed by atoms with Gasteiger partial charge in [-0.15, -0.1) is 0 Å². The van der Waals surface area contributed by atoms with E-state index in [1.165, 1.54) is 0 Å². The molecule has 0 radical (unpaired) electrons. The molecule has 5 nitrogen and oxygen atoms in total. The Morgan fingerprint density at radius 1 is 1.67 bits per heavy atom. The van der Waals surface area contributed by atoms with Gasteiger partial charge in [-0.05, 0) is 19.4 Å². The van der Waals surface area contributed by atoms with Crippen molar-refractivity contribution in [3.8, 4) is 0 Å². The number of nitrogens with one attached hydrogen (secondary N) is 2. The first-order valence-corrected chi connectivity index (χ1v) is 5.51. The topological polar surface area (TPSA) is 70.6 Å². The highest BCUT2D eigenvalue weighted by Gasteiger charge is 2.33. The number of rotatable bonds is 3. The van der Waals surface area contributed by atoms with Crippen molar-refractivity contribution >= 4 is 5.91 Å². The monoisotopic (exact) mass is 214 g/mol. The summed E-state index contributed by atoms with van der Waals surface area (Å²) in [6.45, 7) is 2.11. The molecule has 0 bridgehead atoms. The Labute approximate surface area is 89.2 Å². The zero-order valence-electron chi connectivity index (χ0n) is 8.79. The van der Waals surface area contributed by atoms with Crippen LogP contribution in [0.15, 0.2) is 0 Å². The Kier molecular flexibility index (Phi) is 3.23. The lowest BCUT2D eigenvalue weighted by Gasteiger charge is -2.21. The fraction of sp³-hybridized carbons (Fsp3) is 0.900. The molecule has 0 aromatic rings. The van der Waals surface area contributed by atoms with Crippen molar-refractivity contribution in [2.24, 2.45) is 0 Å². The van der Waals surface area contributed by atoms with Crippen molar-refractivity contribution in [1.29, 1.82) is 0 Å². The van der Waals surface area contributed by atoms with E-state index in [1.54, 1.807) is 0 Å². The molecule has 5 heteroatoms. The van der Waals surface area contributed by atoms with Gasteiger partial charge in [0.15, 0.2) is 0 Å². The molecule has 3 N–H and O–H groups in total. The van der Waals surface area contributed by atoms with E-state index in [9.17, 15) is 9.90 Å². The summed E-state index contributed by atoms with van der Waals surface area (Å²) in [4.78, 5) is 11.6. The quantitative estimate of drug-likeness (QED) is 0.564. The van der Waals surface area contributed by atoms with Gasteiger partial charge in [0.2, 0.25) is 5.91 Å².